The number of hydrogen-bond acceptors (Lipinski definition) is 3. The maximum absolute atomic E-state index is 5.81. The Labute approximate surface area is 91.2 Å². The molecule has 0 saturated heterocycles. The van der Waals surface area contributed by atoms with Crippen molar-refractivity contribution >= 4 is 27.3 Å². The van der Waals surface area contributed by atoms with Gasteiger partial charge in [-0.3, -0.25) is 0 Å². The van der Waals surface area contributed by atoms with Gasteiger partial charge in [0.15, 0.2) is 0 Å². The first-order chi connectivity index (χ1) is 6.22. The van der Waals surface area contributed by atoms with Gasteiger partial charge in [0.1, 0.15) is 0 Å². The molecule has 0 bridgehead atoms. The van der Waals surface area contributed by atoms with Gasteiger partial charge < -0.3 is 10.5 Å². The van der Waals surface area contributed by atoms with Crippen LogP contribution in [-0.4, -0.2) is 19.8 Å². The molecule has 74 valence electrons. The van der Waals surface area contributed by atoms with E-state index in [0.29, 0.717) is 6.61 Å². The van der Waals surface area contributed by atoms with Gasteiger partial charge in [-0.15, -0.1) is 11.3 Å². The topological polar surface area (TPSA) is 35.2 Å². The van der Waals surface area contributed by atoms with Gasteiger partial charge in [0, 0.05) is 27.9 Å². The van der Waals surface area contributed by atoms with Crippen LogP contribution in [0.1, 0.15) is 11.3 Å². The highest BCUT2D eigenvalue weighted by Crippen LogP contribution is 2.21. The monoisotopic (exact) mass is 263 g/mol. The van der Waals surface area contributed by atoms with Crippen molar-refractivity contribution in [2.75, 3.05) is 13.7 Å². The zero-order valence-electron chi connectivity index (χ0n) is 7.63. The molecule has 0 fully saturated rings. The van der Waals surface area contributed by atoms with Crippen molar-refractivity contribution < 1.29 is 4.74 Å². The van der Waals surface area contributed by atoms with Crippen LogP contribution in [-0.2, 0) is 11.2 Å². The number of nitrogens with two attached hydrogens (primary N) is 1. The molecule has 1 heterocycles. The number of ether oxygens (including phenoxy) is 1. The molecule has 1 aromatic heterocycles. The van der Waals surface area contributed by atoms with Crippen molar-refractivity contribution in [2.24, 2.45) is 5.73 Å². The minimum absolute atomic E-state index is 0.158. The van der Waals surface area contributed by atoms with Crippen LogP contribution in [0.2, 0.25) is 0 Å². The number of aryl methyl sites for hydroxylation is 1. The highest BCUT2D eigenvalue weighted by molar-refractivity contribution is 9.10. The first kappa shape index (κ1) is 11.2. The number of thiophene rings is 1. The van der Waals surface area contributed by atoms with Gasteiger partial charge >= 0.3 is 0 Å². The van der Waals surface area contributed by atoms with E-state index in [1.807, 2.05) is 0 Å². The molecule has 1 unspecified atom stereocenters. The summed E-state index contributed by atoms with van der Waals surface area (Å²) in [6, 6.07) is 2.30. The van der Waals surface area contributed by atoms with Crippen LogP contribution in [0, 0.1) is 0 Å². The molecule has 0 saturated carbocycles. The van der Waals surface area contributed by atoms with E-state index in [4.69, 9.17) is 10.5 Å². The van der Waals surface area contributed by atoms with Crippen molar-refractivity contribution in [1.29, 1.82) is 0 Å². The molecule has 0 spiro atoms. The zero-order chi connectivity index (χ0) is 9.68. The molecule has 1 rings (SSSR count). The molecule has 1 aromatic rings. The molecule has 0 aliphatic rings. The summed E-state index contributed by atoms with van der Waals surface area (Å²) >= 11 is 5.19. The minimum atomic E-state index is 0.158. The van der Waals surface area contributed by atoms with E-state index in [9.17, 15) is 0 Å². The molecule has 2 N–H and O–H groups in total. The molecule has 0 aliphatic heterocycles. The van der Waals surface area contributed by atoms with E-state index in [2.05, 4.69) is 27.4 Å². The van der Waals surface area contributed by atoms with Gasteiger partial charge in [0.05, 0.1) is 6.61 Å². The van der Waals surface area contributed by atoms with Crippen LogP contribution < -0.4 is 5.73 Å². The Bertz CT molecular complexity index is 252. The Morgan fingerprint density at radius 2 is 2.46 bits per heavy atom. The molecule has 0 amide bonds. The van der Waals surface area contributed by atoms with E-state index in [1.165, 1.54) is 4.88 Å². The third-order valence-electron chi connectivity index (χ3n) is 1.76. The van der Waals surface area contributed by atoms with E-state index in [0.717, 1.165) is 17.3 Å². The Kier molecular flexibility index (Phi) is 4.94. The molecule has 13 heavy (non-hydrogen) atoms. The van der Waals surface area contributed by atoms with Crippen molar-refractivity contribution in [2.45, 2.75) is 18.9 Å². The van der Waals surface area contributed by atoms with Crippen LogP contribution in [0.25, 0.3) is 0 Å². The van der Waals surface area contributed by atoms with Crippen molar-refractivity contribution in [1.82, 2.24) is 0 Å². The van der Waals surface area contributed by atoms with Crippen molar-refractivity contribution in [3.63, 3.8) is 0 Å². The number of halogens is 1. The Morgan fingerprint density at radius 1 is 1.69 bits per heavy atom. The molecule has 4 heteroatoms. The molecule has 0 aromatic carbocycles. The van der Waals surface area contributed by atoms with Crippen molar-refractivity contribution in [3.8, 4) is 0 Å². The smallest absolute Gasteiger partial charge is 0.0613 e. The lowest BCUT2D eigenvalue weighted by Gasteiger charge is -2.08. The van der Waals surface area contributed by atoms with E-state index < -0.39 is 0 Å². The van der Waals surface area contributed by atoms with Crippen LogP contribution in [0.4, 0.5) is 0 Å². The van der Waals surface area contributed by atoms with Gasteiger partial charge in [-0.1, -0.05) is 0 Å². The maximum Gasteiger partial charge on any atom is 0.0613 e. The molecule has 0 radical (unpaired) electrons. The van der Waals surface area contributed by atoms with Crippen LogP contribution in [0.3, 0.4) is 0 Å². The second-order valence-electron chi connectivity index (χ2n) is 2.99. The van der Waals surface area contributed by atoms with Crippen molar-refractivity contribution in [3.05, 3.63) is 20.8 Å². The fraction of sp³-hybridized carbons (Fsp3) is 0.556. The van der Waals surface area contributed by atoms with Gasteiger partial charge in [0.25, 0.3) is 0 Å². The normalized spacial score (nSPS) is 13.2. The number of methoxy groups -OCH3 is 1. The van der Waals surface area contributed by atoms with Gasteiger partial charge in [-0.2, -0.15) is 0 Å². The van der Waals surface area contributed by atoms with E-state index in [1.54, 1.807) is 18.4 Å². The highest BCUT2D eigenvalue weighted by Gasteiger charge is 2.03. The zero-order valence-corrected chi connectivity index (χ0v) is 10.0. The Balaban J connectivity index is 2.26. The molecule has 0 aliphatic carbocycles. The summed E-state index contributed by atoms with van der Waals surface area (Å²) in [5, 5.41) is 2.09. The summed E-state index contributed by atoms with van der Waals surface area (Å²) in [6.07, 6.45) is 2.03. The first-order valence-corrected chi connectivity index (χ1v) is 5.87. The average Bonchev–Trinajstić information content (AvgIpc) is 2.49. The third-order valence-corrected chi connectivity index (χ3v) is 3.52. The quantitative estimate of drug-likeness (QED) is 0.886. The van der Waals surface area contributed by atoms with Crippen LogP contribution in [0.15, 0.2) is 15.9 Å². The SMILES string of the molecule is COCC(N)CCc1cc(Br)cs1. The first-order valence-electron chi connectivity index (χ1n) is 4.20. The molecule has 1 atom stereocenters. The third kappa shape index (κ3) is 4.22. The summed E-state index contributed by atoms with van der Waals surface area (Å²) in [7, 11) is 1.68. The summed E-state index contributed by atoms with van der Waals surface area (Å²) in [5.74, 6) is 0. The Hall–Kier alpha value is 0.1000. The second-order valence-corrected chi connectivity index (χ2v) is 4.90. The predicted molar refractivity (Wildman–Crippen MR) is 60.2 cm³/mol. The Morgan fingerprint density at radius 3 is 3.00 bits per heavy atom. The van der Waals surface area contributed by atoms with Gasteiger partial charge in [0.2, 0.25) is 0 Å². The van der Waals surface area contributed by atoms with E-state index >= 15 is 0 Å². The minimum Gasteiger partial charge on any atom is -0.383 e. The fourth-order valence-electron chi connectivity index (χ4n) is 1.11. The summed E-state index contributed by atoms with van der Waals surface area (Å²) in [5.41, 5.74) is 5.81. The van der Waals surface area contributed by atoms with Gasteiger partial charge in [-0.05, 0) is 34.8 Å². The van der Waals surface area contributed by atoms with E-state index in [-0.39, 0.29) is 6.04 Å². The lowest BCUT2D eigenvalue weighted by Crippen LogP contribution is -2.25. The van der Waals surface area contributed by atoms with Gasteiger partial charge in [-0.25, -0.2) is 0 Å². The fourth-order valence-corrected chi connectivity index (χ4v) is 2.58. The standard InChI is InChI=1S/C9H14BrNOS/c1-12-5-8(11)2-3-9-4-7(10)6-13-9/h4,6,8H,2-3,5,11H2,1H3. The number of rotatable bonds is 5. The summed E-state index contributed by atoms with van der Waals surface area (Å²) in [4.78, 5) is 1.37. The lowest BCUT2D eigenvalue weighted by molar-refractivity contribution is 0.177. The molecular weight excluding hydrogens is 250 g/mol. The maximum atomic E-state index is 5.81. The van der Waals surface area contributed by atoms with Crippen LogP contribution >= 0.6 is 27.3 Å². The molecular formula is C9H14BrNOS. The molecule has 2 nitrogen and oxygen atoms in total. The second kappa shape index (κ2) is 5.75. The predicted octanol–water partition coefficient (Wildman–Crippen LogP) is 2.42. The highest BCUT2D eigenvalue weighted by atomic mass is 79.9. The average molecular weight is 264 g/mol. The summed E-state index contributed by atoms with van der Waals surface area (Å²) in [6.45, 7) is 0.645. The summed E-state index contributed by atoms with van der Waals surface area (Å²) < 4.78 is 6.13. The number of hydrogen-bond donors (Lipinski definition) is 1. The lowest BCUT2D eigenvalue weighted by atomic mass is 10.1. The largest absolute Gasteiger partial charge is 0.383 e. The van der Waals surface area contributed by atoms with Crippen LogP contribution in [0.5, 0.6) is 0 Å².